The number of amides is 2. The van der Waals surface area contributed by atoms with Gasteiger partial charge in [-0.3, -0.25) is 9.59 Å². The van der Waals surface area contributed by atoms with Crippen molar-refractivity contribution in [3.63, 3.8) is 0 Å². The number of benzene rings is 1. The van der Waals surface area contributed by atoms with Crippen LogP contribution in [-0.4, -0.2) is 22.9 Å². The number of carboxylic acid groups (broad SMARTS) is 1. The highest BCUT2D eigenvalue weighted by atomic mass is 79.9. The Labute approximate surface area is 118 Å². The lowest BCUT2D eigenvalue weighted by Gasteiger charge is -2.18. The highest BCUT2D eigenvalue weighted by Gasteiger charge is 2.44. The summed E-state index contributed by atoms with van der Waals surface area (Å²) in [4.78, 5) is 36.5. The zero-order valence-corrected chi connectivity index (χ0v) is 12.0. The van der Waals surface area contributed by atoms with Gasteiger partial charge in [-0.1, -0.05) is 19.9 Å². The number of imide groups is 1. The number of hydrogen-bond donors (Lipinski definition) is 1. The maximum atomic E-state index is 12.1. The summed E-state index contributed by atoms with van der Waals surface area (Å²) >= 11 is 3.21. The smallest absolute Gasteiger partial charge is 0.337 e. The van der Waals surface area contributed by atoms with Crippen molar-refractivity contribution in [1.82, 2.24) is 0 Å². The Bertz CT molecular complexity index is 564. The number of para-hydroxylation sites is 1. The minimum atomic E-state index is -1.18. The van der Waals surface area contributed by atoms with E-state index in [4.69, 9.17) is 0 Å². The molecule has 5 nitrogen and oxygen atoms in total. The van der Waals surface area contributed by atoms with Crippen LogP contribution in [0.3, 0.4) is 0 Å². The number of nitrogens with zero attached hydrogens (tertiary/aromatic N) is 1. The van der Waals surface area contributed by atoms with Gasteiger partial charge in [0.05, 0.1) is 11.3 Å². The summed E-state index contributed by atoms with van der Waals surface area (Å²) in [5, 5.41) is 9.18. The number of carboxylic acids is 1. The summed E-state index contributed by atoms with van der Waals surface area (Å²) in [5.74, 6) is -2.80. The molecular weight excluding hydrogens is 314 g/mol. The minimum absolute atomic E-state index is 0.0719. The van der Waals surface area contributed by atoms with Crippen LogP contribution < -0.4 is 4.90 Å². The van der Waals surface area contributed by atoms with Crippen molar-refractivity contribution < 1.29 is 19.5 Å². The molecule has 19 heavy (non-hydrogen) atoms. The van der Waals surface area contributed by atoms with E-state index in [2.05, 4.69) is 15.9 Å². The second-order valence-electron chi connectivity index (χ2n) is 4.53. The molecule has 2 unspecified atom stereocenters. The van der Waals surface area contributed by atoms with E-state index >= 15 is 0 Å². The largest absolute Gasteiger partial charge is 0.478 e. The molecule has 0 radical (unpaired) electrons. The van der Waals surface area contributed by atoms with E-state index in [0.29, 0.717) is 4.47 Å². The van der Waals surface area contributed by atoms with Crippen LogP contribution in [0.15, 0.2) is 22.7 Å². The first-order valence-electron chi connectivity index (χ1n) is 5.76. The molecule has 100 valence electrons. The predicted molar refractivity (Wildman–Crippen MR) is 71.9 cm³/mol. The lowest BCUT2D eigenvalue weighted by Crippen LogP contribution is -2.32. The first-order valence-corrected chi connectivity index (χ1v) is 6.55. The van der Waals surface area contributed by atoms with Gasteiger partial charge >= 0.3 is 5.97 Å². The molecule has 1 N–H and O–H groups in total. The molecule has 2 amide bonds. The Morgan fingerprint density at radius 1 is 1.21 bits per heavy atom. The summed E-state index contributed by atoms with van der Waals surface area (Å²) in [6.45, 7) is 3.34. The third-order valence-corrected chi connectivity index (χ3v) is 4.05. The van der Waals surface area contributed by atoms with Crippen molar-refractivity contribution in [1.29, 1.82) is 0 Å². The second kappa shape index (κ2) is 4.77. The van der Waals surface area contributed by atoms with E-state index in [1.807, 2.05) is 0 Å². The molecular formula is C13H12BrNO4. The van der Waals surface area contributed by atoms with Crippen molar-refractivity contribution >= 4 is 39.4 Å². The zero-order chi connectivity index (χ0) is 14.3. The Hall–Kier alpha value is -1.69. The maximum absolute atomic E-state index is 12.1. The molecule has 1 fully saturated rings. The van der Waals surface area contributed by atoms with Gasteiger partial charge in [-0.25, -0.2) is 9.69 Å². The first-order chi connectivity index (χ1) is 8.86. The van der Waals surface area contributed by atoms with E-state index < -0.39 is 17.8 Å². The Balaban J connectivity index is 2.63. The first kappa shape index (κ1) is 13.7. The monoisotopic (exact) mass is 325 g/mol. The van der Waals surface area contributed by atoms with Crippen LogP contribution in [-0.2, 0) is 9.59 Å². The van der Waals surface area contributed by atoms with Gasteiger partial charge in [0, 0.05) is 16.3 Å². The molecule has 1 aromatic rings. The topological polar surface area (TPSA) is 74.7 Å². The molecule has 0 spiro atoms. The van der Waals surface area contributed by atoms with Gasteiger partial charge in [-0.15, -0.1) is 0 Å². The van der Waals surface area contributed by atoms with Gasteiger partial charge in [0.15, 0.2) is 0 Å². The highest BCUT2D eigenvalue weighted by molar-refractivity contribution is 9.10. The summed E-state index contributed by atoms with van der Waals surface area (Å²) in [5.41, 5.74) is 0.0403. The molecule has 0 saturated carbocycles. The molecule has 0 aliphatic carbocycles. The molecule has 1 saturated heterocycles. The zero-order valence-electron chi connectivity index (χ0n) is 10.4. The normalized spacial score (nSPS) is 23.0. The molecule has 1 aromatic carbocycles. The fraction of sp³-hybridized carbons (Fsp3) is 0.308. The van der Waals surface area contributed by atoms with Crippen LogP contribution in [0.2, 0.25) is 0 Å². The van der Waals surface area contributed by atoms with Gasteiger partial charge < -0.3 is 5.11 Å². The molecule has 1 heterocycles. The van der Waals surface area contributed by atoms with Gasteiger partial charge in [0.1, 0.15) is 0 Å². The van der Waals surface area contributed by atoms with Crippen molar-refractivity contribution in [2.75, 3.05) is 4.90 Å². The van der Waals surface area contributed by atoms with Crippen LogP contribution in [0.5, 0.6) is 0 Å². The molecule has 0 bridgehead atoms. The van der Waals surface area contributed by atoms with Crippen molar-refractivity contribution in [2.45, 2.75) is 13.8 Å². The second-order valence-corrected chi connectivity index (χ2v) is 5.38. The third-order valence-electron chi connectivity index (χ3n) is 3.41. The third kappa shape index (κ3) is 2.06. The Kier molecular flexibility index (Phi) is 3.45. The average molecular weight is 326 g/mol. The minimum Gasteiger partial charge on any atom is -0.478 e. The summed E-state index contributed by atoms with van der Waals surface area (Å²) in [6, 6.07) is 4.53. The summed E-state index contributed by atoms with van der Waals surface area (Å²) < 4.78 is 0.412. The molecule has 2 rings (SSSR count). The lowest BCUT2D eigenvalue weighted by molar-refractivity contribution is -0.122. The van der Waals surface area contributed by atoms with E-state index in [-0.39, 0.29) is 23.1 Å². The number of carbonyl (C=O) groups excluding carboxylic acids is 2. The standard InChI is InChI=1S/C13H12BrNO4/c1-6-7(2)12(17)15(11(6)16)10-8(13(18)19)4-3-5-9(10)14/h3-7H,1-2H3,(H,18,19). The SMILES string of the molecule is CC1C(=O)N(c2c(Br)cccc2C(=O)O)C(=O)C1C. The number of halogens is 1. The van der Waals surface area contributed by atoms with Crippen LogP contribution >= 0.6 is 15.9 Å². The lowest BCUT2D eigenvalue weighted by atomic mass is 10.00. The van der Waals surface area contributed by atoms with E-state index in [9.17, 15) is 19.5 Å². The van der Waals surface area contributed by atoms with Crippen molar-refractivity contribution in [2.24, 2.45) is 11.8 Å². The molecule has 1 aliphatic rings. The summed E-state index contributed by atoms with van der Waals surface area (Å²) in [6.07, 6.45) is 0. The van der Waals surface area contributed by atoms with Crippen LogP contribution in [0.1, 0.15) is 24.2 Å². The quantitative estimate of drug-likeness (QED) is 0.846. The number of hydrogen-bond acceptors (Lipinski definition) is 3. The summed E-state index contributed by atoms with van der Waals surface area (Å²) in [7, 11) is 0. The van der Waals surface area contributed by atoms with E-state index in [1.165, 1.54) is 6.07 Å². The van der Waals surface area contributed by atoms with Crippen LogP contribution in [0, 0.1) is 11.8 Å². The Morgan fingerprint density at radius 3 is 2.21 bits per heavy atom. The van der Waals surface area contributed by atoms with E-state index in [1.54, 1.807) is 26.0 Å². The fourth-order valence-electron chi connectivity index (χ4n) is 2.08. The molecule has 0 aromatic heterocycles. The van der Waals surface area contributed by atoms with Crippen LogP contribution in [0.4, 0.5) is 5.69 Å². The molecule has 2 atom stereocenters. The number of rotatable bonds is 2. The van der Waals surface area contributed by atoms with Crippen LogP contribution in [0.25, 0.3) is 0 Å². The fourth-order valence-corrected chi connectivity index (χ4v) is 2.62. The van der Waals surface area contributed by atoms with E-state index in [0.717, 1.165) is 4.90 Å². The van der Waals surface area contributed by atoms with Gasteiger partial charge in [0.2, 0.25) is 11.8 Å². The van der Waals surface area contributed by atoms with Gasteiger partial charge in [-0.05, 0) is 28.1 Å². The van der Waals surface area contributed by atoms with Crippen molar-refractivity contribution in [3.8, 4) is 0 Å². The average Bonchev–Trinajstić information content (AvgIpc) is 2.54. The highest BCUT2D eigenvalue weighted by Crippen LogP contribution is 2.37. The molecule has 1 aliphatic heterocycles. The van der Waals surface area contributed by atoms with Gasteiger partial charge in [-0.2, -0.15) is 0 Å². The number of aromatic carboxylic acids is 1. The maximum Gasteiger partial charge on any atom is 0.337 e. The Morgan fingerprint density at radius 2 is 1.74 bits per heavy atom. The predicted octanol–water partition coefficient (Wildman–Crippen LogP) is 2.29. The number of anilines is 1. The van der Waals surface area contributed by atoms with Gasteiger partial charge in [0.25, 0.3) is 0 Å². The number of carbonyl (C=O) groups is 3. The molecule has 6 heteroatoms. The van der Waals surface area contributed by atoms with Crippen molar-refractivity contribution in [3.05, 3.63) is 28.2 Å².